The zero-order chi connectivity index (χ0) is 15.8. The molecule has 0 atom stereocenters. The van der Waals surface area contributed by atoms with Crippen molar-refractivity contribution in [3.8, 4) is 17.2 Å². The SMILES string of the molecule is COc1cccc(OCCNC(=O)c2cccnc2)c1OC. The number of hydrogen-bond donors (Lipinski definition) is 1. The molecule has 0 radical (unpaired) electrons. The summed E-state index contributed by atoms with van der Waals surface area (Å²) in [6.07, 6.45) is 3.14. The first-order chi connectivity index (χ1) is 10.8. The highest BCUT2D eigenvalue weighted by atomic mass is 16.5. The Morgan fingerprint density at radius 3 is 2.64 bits per heavy atom. The van der Waals surface area contributed by atoms with Gasteiger partial charge in [-0.15, -0.1) is 0 Å². The first kappa shape index (κ1) is 15.6. The van der Waals surface area contributed by atoms with E-state index in [0.29, 0.717) is 36.0 Å². The molecule has 0 saturated heterocycles. The van der Waals surface area contributed by atoms with E-state index in [1.54, 1.807) is 44.7 Å². The van der Waals surface area contributed by atoms with E-state index in [2.05, 4.69) is 10.3 Å². The van der Waals surface area contributed by atoms with Gasteiger partial charge in [-0.3, -0.25) is 9.78 Å². The molecule has 0 saturated carbocycles. The highest BCUT2D eigenvalue weighted by molar-refractivity contribution is 5.93. The van der Waals surface area contributed by atoms with Gasteiger partial charge in [-0.1, -0.05) is 6.07 Å². The molecule has 0 aliphatic rings. The van der Waals surface area contributed by atoms with Crippen LogP contribution in [-0.2, 0) is 0 Å². The third-order valence-corrected chi connectivity index (χ3v) is 2.94. The van der Waals surface area contributed by atoms with E-state index < -0.39 is 0 Å². The van der Waals surface area contributed by atoms with Gasteiger partial charge in [0.15, 0.2) is 11.5 Å². The lowest BCUT2D eigenvalue weighted by Gasteiger charge is -2.13. The lowest BCUT2D eigenvalue weighted by Crippen LogP contribution is -2.28. The van der Waals surface area contributed by atoms with Crippen LogP contribution < -0.4 is 19.5 Å². The molecule has 2 aromatic rings. The second kappa shape index (κ2) is 7.87. The second-order valence-corrected chi connectivity index (χ2v) is 4.34. The number of benzene rings is 1. The van der Waals surface area contributed by atoms with Crippen LogP contribution in [0, 0.1) is 0 Å². The van der Waals surface area contributed by atoms with E-state index >= 15 is 0 Å². The summed E-state index contributed by atoms with van der Waals surface area (Å²) in [5, 5.41) is 2.76. The summed E-state index contributed by atoms with van der Waals surface area (Å²) in [5.74, 6) is 1.51. The summed E-state index contributed by atoms with van der Waals surface area (Å²) in [4.78, 5) is 15.7. The molecule has 0 unspecified atom stereocenters. The Hall–Kier alpha value is -2.76. The summed E-state index contributed by atoms with van der Waals surface area (Å²) in [5.41, 5.74) is 0.515. The fraction of sp³-hybridized carbons (Fsp3) is 0.250. The minimum absolute atomic E-state index is 0.186. The van der Waals surface area contributed by atoms with E-state index in [-0.39, 0.29) is 5.91 Å². The van der Waals surface area contributed by atoms with Gasteiger partial charge in [-0.05, 0) is 24.3 Å². The average molecular weight is 302 g/mol. The maximum atomic E-state index is 11.8. The number of amides is 1. The van der Waals surface area contributed by atoms with E-state index in [0.717, 1.165) is 0 Å². The Morgan fingerprint density at radius 1 is 1.14 bits per heavy atom. The van der Waals surface area contributed by atoms with E-state index in [1.165, 1.54) is 6.20 Å². The van der Waals surface area contributed by atoms with Gasteiger partial charge in [0.2, 0.25) is 5.75 Å². The minimum atomic E-state index is -0.186. The minimum Gasteiger partial charge on any atom is -0.493 e. The Bertz CT molecular complexity index is 617. The molecule has 1 heterocycles. The molecule has 2 rings (SSSR count). The van der Waals surface area contributed by atoms with Crippen LogP contribution in [0.5, 0.6) is 17.2 Å². The summed E-state index contributed by atoms with van der Waals surface area (Å²) < 4.78 is 16.1. The lowest BCUT2D eigenvalue weighted by molar-refractivity contribution is 0.0946. The number of pyridine rings is 1. The number of nitrogens with zero attached hydrogens (tertiary/aromatic N) is 1. The number of carbonyl (C=O) groups is 1. The Kier molecular flexibility index (Phi) is 5.59. The van der Waals surface area contributed by atoms with Gasteiger partial charge in [-0.25, -0.2) is 0 Å². The molecular weight excluding hydrogens is 284 g/mol. The smallest absolute Gasteiger partial charge is 0.252 e. The number of rotatable bonds is 7. The molecule has 0 bridgehead atoms. The molecule has 1 aromatic carbocycles. The van der Waals surface area contributed by atoms with E-state index in [4.69, 9.17) is 14.2 Å². The number of carbonyl (C=O) groups excluding carboxylic acids is 1. The van der Waals surface area contributed by atoms with E-state index in [9.17, 15) is 4.79 Å². The lowest BCUT2D eigenvalue weighted by atomic mass is 10.3. The molecule has 0 spiro atoms. The van der Waals surface area contributed by atoms with Crippen molar-refractivity contribution in [1.82, 2.24) is 10.3 Å². The monoisotopic (exact) mass is 302 g/mol. The van der Waals surface area contributed by atoms with Gasteiger partial charge < -0.3 is 19.5 Å². The third-order valence-electron chi connectivity index (χ3n) is 2.94. The molecule has 22 heavy (non-hydrogen) atoms. The maximum absolute atomic E-state index is 11.8. The molecule has 0 fully saturated rings. The highest BCUT2D eigenvalue weighted by Gasteiger charge is 2.10. The van der Waals surface area contributed by atoms with Crippen LogP contribution in [0.3, 0.4) is 0 Å². The van der Waals surface area contributed by atoms with Crippen LogP contribution >= 0.6 is 0 Å². The second-order valence-electron chi connectivity index (χ2n) is 4.34. The van der Waals surface area contributed by atoms with Crippen molar-refractivity contribution in [2.24, 2.45) is 0 Å². The first-order valence-electron chi connectivity index (χ1n) is 6.78. The van der Waals surface area contributed by atoms with Crippen molar-refractivity contribution in [3.63, 3.8) is 0 Å². The molecule has 0 aliphatic heterocycles. The van der Waals surface area contributed by atoms with Gasteiger partial charge in [-0.2, -0.15) is 0 Å². The summed E-state index contributed by atoms with van der Waals surface area (Å²) in [6, 6.07) is 8.80. The van der Waals surface area contributed by atoms with Gasteiger partial charge in [0.25, 0.3) is 5.91 Å². The topological polar surface area (TPSA) is 69.7 Å². The average Bonchev–Trinajstić information content (AvgIpc) is 2.58. The number of para-hydroxylation sites is 1. The van der Waals surface area contributed by atoms with Crippen LogP contribution in [0.4, 0.5) is 0 Å². The summed E-state index contributed by atoms with van der Waals surface area (Å²) in [7, 11) is 3.12. The van der Waals surface area contributed by atoms with Crippen LogP contribution in [0.1, 0.15) is 10.4 Å². The third kappa shape index (κ3) is 3.88. The van der Waals surface area contributed by atoms with Crippen molar-refractivity contribution in [2.45, 2.75) is 0 Å². The summed E-state index contributed by atoms with van der Waals surface area (Å²) >= 11 is 0. The fourth-order valence-corrected chi connectivity index (χ4v) is 1.90. The van der Waals surface area contributed by atoms with Crippen molar-refractivity contribution < 1.29 is 19.0 Å². The van der Waals surface area contributed by atoms with Gasteiger partial charge >= 0.3 is 0 Å². The Labute approximate surface area is 129 Å². The Morgan fingerprint density at radius 2 is 1.95 bits per heavy atom. The van der Waals surface area contributed by atoms with Gasteiger partial charge in [0, 0.05) is 12.4 Å². The highest BCUT2D eigenvalue weighted by Crippen LogP contribution is 2.36. The molecule has 6 nitrogen and oxygen atoms in total. The molecule has 116 valence electrons. The number of hydrogen-bond acceptors (Lipinski definition) is 5. The van der Waals surface area contributed by atoms with Crippen molar-refractivity contribution in [1.29, 1.82) is 0 Å². The standard InChI is InChI=1S/C16H18N2O4/c1-20-13-6-3-7-14(15(13)21-2)22-10-9-18-16(19)12-5-4-8-17-11-12/h3-8,11H,9-10H2,1-2H3,(H,18,19). The van der Waals surface area contributed by atoms with Crippen LogP contribution in [0.15, 0.2) is 42.7 Å². The predicted octanol–water partition coefficient (Wildman–Crippen LogP) is 1.91. The largest absolute Gasteiger partial charge is 0.493 e. The predicted molar refractivity (Wildman–Crippen MR) is 81.6 cm³/mol. The van der Waals surface area contributed by atoms with Crippen LogP contribution in [0.25, 0.3) is 0 Å². The number of aromatic nitrogens is 1. The van der Waals surface area contributed by atoms with Crippen molar-refractivity contribution in [2.75, 3.05) is 27.4 Å². The quantitative estimate of drug-likeness (QED) is 0.791. The molecule has 1 amide bonds. The molecular formula is C16H18N2O4. The maximum Gasteiger partial charge on any atom is 0.252 e. The zero-order valence-corrected chi connectivity index (χ0v) is 12.5. The van der Waals surface area contributed by atoms with Crippen LogP contribution in [0.2, 0.25) is 0 Å². The molecule has 0 aliphatic carbocycles. The van der Waals surface area contributed by atoms with Gasteiger partial charge in [0.1, 0.15) is 6.61 Å². The fourth-order valence-electron chi connectivity index (χ4n) is 1.90. The van der Waals surface area contributed by atoms with Gasteiger partial charge in [0.05, 0.1) is 26.3 Å². The van der Waals surface area contributed by atoms with E-state index in [1.807, 2.05) is 6.07 Å². The molecule has 1 N–H and O–H groups in total. The number of methoxy groups -OCH3 is 2. The Balaban J connectivity index is 1.86. The van der Waals surface area contributed by atoms with Crippen LogP contribution in [-0.4, -0.2) is 38.3 Å². The first-order valence-corrected chi connectivity index (χ1v) is 6.78. The number of ether oxygens (including phenoxy) is 3. The molecule has 1 aromatic heterocycles. The number of nitrogens with one attached hydrogen (secondary N) is 1. The normalized spacial score (nSPS) is 9.91. The summed E-state index contributed by atoms with van der Waals surface area (Å²) in [6.45, 7) is 0.684. The zero-order valence-electron chi connectivity index (χ0n) is 12.5. The van der Waals surface area contributed by atoms with Crippen molar-refractivity contribution in [3.05, 3.63) is 48.3 Å². The van der Waals surface area contributed by atoms with Crippen molar-refractivity contribution >= 4 is 5.91 Å². The molecule has 6 heteroatoms.